The van der Waals surface area contributed by atoms with Crippen LogP contribution >= 0.6 is 0 Å². The lowest BCUT2D eigenvalue weighted by atomic mass is 9.82. The summed E-state index contributed by atoms with van der Waals surface area (Å²) in [7, 11) is 0. The highest BCUT2D eigenvalue weighted by atomic mass is 19.2. The molecule has 1 saturated heterocycles. The summed E-state index contributed by atoms with van der Waals surface area (Å²) in [4.78, 5) is 0. The molecule has 2 unspecified atom stereocenters. The minimum atomic E-state index is -1.56. The first kappa shape index (κ1) is 12.4. The number of hydrogen-bond donors (Lipinski definition) is 1. The van der Waals surface area contributed by atoms with Gasteiger partial charge in [0.15, 0.2) is 17.5 Å². The molecule has 17 heavy (non-hydrogen) atoms. The minimum absolute atomic E-state index is 0.230. The molecule has 1 aliphatic rings. The van der Waals surface area contributed by atoms with E-state index in [9.17, 15) is 18.3 Å². The number of aliphatic hydroxyl groups is 1. The quantitative estimate of drug-likeness (QED) is 0.812. The average Bonchev–Trinajstić information content (AvgIpc) is 2.79. The van der Waals surface area contributed by atoms with Gasteiger partial charge in [0.2, 0.25) is 0 Å². The highest BCUT2D eigenvalue weighted by Crippen LogP contribution is 2.36. The minimum Gasteiger partial charge on any atom is -0.385 e. The molecular weight excluding hydrogens is 233 g/mol. The van der Waals surface area contributed by atoms with Crippen LogP contribution in [-0.4, -0.2) is 18.3 Å². The van der Waals surface area contributed by atoms with E-state index >= 15 is 0 Å². The Labute approximate surface area is 97.0 Å². The van der Waals surface area contributed by atoms with Crippen LogP contribution in [0.5, 0.6) is 0 Å². The molecule has 0 aliphatic carbocycles. The number of benzene rings is 1. The first-order valence-corrected chi connectivity index (χ1v) is 5.38. The maximum Gasteiger partial charge on any atom is 0.194 e. The molecule has 0 spiro atoms. The highest BCUT2D eigenvalue weighted by molar-refractivity contribution is 5.26. The SMILES string of the molecule is CC(O)(c1ccc(F)c(F)c1F)C1CCOC1. The summed E-state index contributed by atoms with van der Waals surface area (Å²) in [5.41, 5.74) is -1.79. The van der Waals surface area contributed by atoms with E-state index in [1.807, 2.05) is 0 Å². The second-order valence-corrected chi connectivity index (χ2v) is 4.43. The zero-order valence-electron chi connectivity index (χ0n) is 9.34. The zero-order valence-corrected chi connectivity index (χ0v) is 9.34. The Kier molecular flexibility index (Phi) is 3.14. The Hall–Kier alpha value is -1.07. The fraction of sp³-hybridized carbons (Fsp3) is 0.500. The molecule has 1 N–H and O–H groups in total. The third-order valence-corrected chi connectivity index (χ3v) is 3.31. The van der Waals surface area contributed by atoms with Crippen molar-refractivity contribution in [3.63, 3.8) is 0 Å². The average molecular weight is 246 g/mol. The number of ether oxygens (including phenoxy) is 1. The molecule has 2 rings (SSSR count). The van der Waals surface area contributed by atoms with Gasteiger partial charge in [-0.15, -0.1) is 0 Å². The molecule has 1 aromatic carbocycles. The van der Waals surface area contributed by atoms with E-state index in [0.29, 0.717) is 13.0 Å². The number of hydrogen-bond acceptors (Lipinski definition) is 2. The molecule has 0 amide bonds. The molecular formula is C12H13F3O2. The van der Waals surface area contributed by atoms with Gasteiger partial charge in [0.25, 0.3) is 0 Å². The summed E-state index contributed by atoms with van der Waals surface area (Å²) in [6, 6.07) is 1.89. The summed E-state index contributed by atoms with van der Waals surface area (Å²) in [6.45, 7) is 2.15. The van der Waals surface area contributed by atoms with Crippen molar-refractivity contribution in [3.05, 3.63) is 35.1 Å². The molecule has 2 atom stereocenters. The molecule has 0 saturated carbocycles. The Morgan fingerprint density at radius 3 is 2.59 bits per heavy atom. The second kappa shape index (κ2) is 4.31. The van der Waals surface area contributed by atoms with Crippen LogP contribution < -0.4 is 0 Å². The van der Waals surface area contributed by atoms with Crippen molar-refractivity contribution in [1.82, 2.24) is 0 Å². The van der Waals surface area contributed by atoms with Gasteiger partial charge in [-0.3, -0.25) is 0 Å². The first-order valence-electron chi connectivity index (χ1n) is 5.38. The van der Waals surface area contributed by atoms with Gasteiger partial charge in [-0.2, -0.15) is 0 Å². The smallest absolute Gasteiger partial charge is 0.194 e. The van der Waals surface area contributed by atoms with Crippen molar-refractivity contribution in [2.45, 2.75) is 18.9 Å². The highest BCUT2D eigenvalue weighted by Gasteiger charge is 2.39. The van der Waals surface area contributed by atoms with Gasteiger partial charge in [-0.25, -0.2) is 13.2 Å². The lowest BCUT2D eigenvalue weighted by Crippen LogP contribution is -2.33. The van der Waals surface area contributed by atoms with Gasteiger partial charge in [-0.05, 0) is 19.4 Å². The predicted octanol–water partition coefficient (Wildman–Crippen LogP) is 2.35. The fourth-order valence-electron chi connectivity index (χ4n) is 2.11. The van der Waals surface area contributed by atoms with E-state index in [4.69, 9.17) is 4.74 Å². The topological polar surface area (TPSA) is 29.5 Å². The third kappa shape index (κ3) is 2.05. The van der Waals surface area contributed by atoms with Gasteiger partial charge in [-0.1, -0.05) is 6.07 Å². The van der Waals surface area contributed by atoms with Crippen molar-refractivity contribution >= 4 is 0 Å². The first-order chi connectivity index (χ1) is 7.94. The molecule has 94 valence electrons. The van der Waals surface area contributed by atoms with E-state index in [1.54, 1.807) is 0 Å². The van der Waals surface area contributed by atoms with Gasteiger partial charge in [0.05, 0.1) is 12.2 Å². The monoisotopic (exact) mass is 246 g/mol. The Bertz CT molecular complexity index is 426. The summed E-state index contributed by atoms with van der Waals surface area (Å²) in [5, 5.41) is 10.3. The van der Waals surface area contributed by atoms with Crippen LogP contribution in [0.3, 0.4) is 0 Å². The molecule has 2 nitrogen and oxygen atoms in total. The maximum atomic E-state index is 13.6. The van der Waals surface area contributed by atoms with Gasteiger partial charge < -0.3 is 9.84 Å². The maximum absolute atomic E-state index is 13.6. The Morgan fingerprint density at radius 1 is 1.29 bits per heavy atom. The lowest BCUT2D eigenvalue weighted by Gasteiger charge is -2.30. The summed E-state index contributed by atoms with van der Waals surface area (Å²) >= 11 is 0. The fourth-order valence-corrected chi connectivity index (χ4v) is 2.11. The van der Waals surface area contributed by atoms with Crippen LogP contribution in [0.2, 0.25) is 0 Å². The summed E-state index contributed by atoms with van der Waals surface area (Å²) < 4.78 is 44.6. The molecule has 0 aromatic heterocycles. The van der Waals surface area contributed by atoms with Crippen molar-refractivity contribution in [1.29, 1.82) is 0 Å². The normalized spacial score (nSPS) is 23.7. The zero-order chi connectivity index (χ0) is 12.6. The molecule has 1 heterocycles. The predicted molar refractivity (Wildman–Crippen MR) is 54.8 cm³/mol. The standard InChI is InChI=1S/C12H13F3O2/c1-12(16,7-4-5-17-6-7)8-2-3-9(13)11(15)10(8)14/h2-3,7,16H,4-6H2,1H3. The van der Waals surface area contributed by atoms with Crippen LogP contribution in [0, 0.1) is 23.4 Å². The largest absolute Gasteiger partial charge is 0.385 e. The van der Waals surface area contributed by atoms with Crippen LogP contribution in [0.25, 0.3) is 0 Å². The van der Waals surface area contributed by atoms with Crippen molar-refractivity contribution in [3.8, 4) is 0 Å². The molecule has 0 bridgehead atoms. The van der Waals surface area contributed by atoms with Crippen molar-refractivity contribution in [2.75, 3.05) is 13.2 Å². The van der Waals surface area contributed by atoms with Crippen LogP contribution in [0.15, 0.2) is 12.1 Å². The third-order valence-electron chi connectivity index (χ3n) is 3.31. The van der Waals surface area contributed by atoms with E-state index < -0.39 is 23.1 Å². The molecule has 1 aromatic rings. The summed E-state index contributed by atoms with van der Waals surface area (Å²) in [5.74, 6) is -4.46. The van der Waals surface area contributed by atoms with E-state index in [-0.39, 0.29) is 18.1 Å². The Balaban J connectivity index is 2.42. The van der Waals surface area contributed by atoms with Crippen LogP contribution in [0.1, 0.15) is 18.9 Å². The molecule has 5 heteroatoms. The molecule has 0 radical (unpaired) electrons. The molecule has 1 aliphatic heterocycles. The van der Waals surface area contributed by atoms with Gasteiger partial charge in [0.1, 0.15) is 0 Å². The van der Waals surface area contributed by atoms with Gasteiger partial charge in [0, 0.05) is 18.1 Å². The summed E-state index contributed by atoms with van der Waals surface area (Å²) in [6.07, 6.45) is 0.561. The number of halogens is 3. The van der Waals surface area contributed by atoms with Crippen molar-refractivity contribution in [2.24, 2.45) is 5.92 Å². The van der Waals surface area contributed by atoms with Crippen LogP contribution in [0.4, 0.5) is 13.2 Å². The Morgan fingerprint density at radius 2 is 2.00 bits per heavy atom. The van der Waals surface area contributed by atoms with E-state index in [0.717, 1.165) is 12.1 Å². The second-order valence-electron chi connectivity index (χ2n) is 4.43. The van der Waals surface area contributed by atoms with Crippen LogP contribution in [-0.2, 0) is 10.3 Å². The lowest BCUT2D eigenvalue weighted by molar-refractivity contribution is -0.0132. The molecule has 1 fully saturated rings. The van der Waals surface area contributed by atoms with Gasteiger partial charge >= 0.3 is 0 Å². The number of rotatable bonds is 2. The van der Waals surface area contributed by atoms with Crippen molar-refractivity contribution < 1.29 is 23.0 Å². The van der Waals surface area contributed by atoms with E-state index in [1.165, 1.54) is 6.92 Å². The van der Waals surface area contributed by atoms with E-state index in [2.05, 4.69) is 0 Å².